The Kier molecular flexibility index (Phi) is 5.49. The van der Waals surface area contributed by atoms with Gasteiger partial charge in [0.25, 0.3) is 0 Å². The van der Waals surface area contributed by atoms with Crippen LogP contribution in [0.25, 0.3) is 0 Å². The number of carbonyl (C=O) groups is 1. The molecule has 4 rings (SSSR count). The highest BCUT2D eigenvalue weighted by molar-refractivity contribution is 5.85. The summed E-state index contributed by atoms with van der Waals surface area (Å²) in [7, 11) is 0. The summed E-state index contributed by atoms with van der Waals surface area (Å²) in [6.07, 6.45) is 1.95. The van der Waals surface area contributed by atoms with Gasteiger partial charge in [0.2, 0.25) is 0 Å². The normalized spacial score (nSPS) is 24.1. The molecule has 1 amide bonds. The summed E-state index contributed by atoms with van der Waals surface area (Å²) in [6, 6.07) is 14.1. The van der Waals surface area contributed by atoms with E-state index in [9.17, 15) is 9.18 Å². The van der Waals surface area contributed by atoms with E-state index in [4.69, 9.17) is 10.5 Å². The highest BCUT2D eigenvalue weighted by Crippen LogP contribution is 2.36. The number of rotatable bonds is 2. The van der Waals surface area contributed by atoms with Crippen molar-refractivity contribution >= 4 is 18.5 Å². The molecule has 3 atom stereocenters. The van der Waals surface area contributed by atoms with Crippen molar-refractivity contribution in [2.45, 2.75) is 37.5 Å². The van der Waals surface area contributed by atoms with Crippen LogP contribution in [0.15, 0.2) is 48.5 Å². The number of fused-ring (bicyclic) bond motifs is 1. The third-order valence-electron chi connectivity index (χ3n) is 5.22. The number of amides is 1. The number of hydrogen-bond acceptors (Lipinski definition) is 3. The molecule has 2 aromatic carbocycles. The van der Waals surface area contributed by atoms with E-state index in [1.165, 1.54) is 17.7 Å². The molecule has 1 saturated carbocycles. The lowest BCUT2D eigenvalue weighted by atomic mass is 9.88. The average molecular weight is 377 g/mol. The van der Waals surface area contributed by atoms with Gasteiger partial charge in [-0.3, -0.25) is 4.90 Å². The molecule has 138 valence electrons. The van der Waals surface area contributed by atoms with E-state index in [-0.39, 0.29) is 42.5 Å². The lowest BCUT2D eigenvalue weighted by Crippen LogP contribution is -2.50. The molecule has 2 N–H and O–H groups in total. The molecular formula is C20H22ClFN2O2. The fourth-order valence-electron chi connectivity index (χ4n) is 3.61. The minimum absolute atomic E-state index is 0. The highest BCUT2D eigenvalue weighted by atomic mass is 35.5. The van der Waals surface area contributed by atoms with Crippen LogP contribution in [0, 0.1) is 5.82 Å². The van der Waals surface area contributed by atoms with Gasteiger partial charge < -0.3 is 10.5 Å². The standard InChI is InChI=1S/C20H21FN2O2.ClH/c21-15-7-5-14(6-8-15)19-16-4-2-1-3-13(16)11-12-23(19)20(24)25-18-10-9-17(18)22;/h1-8,17-19H,9-12,22H2;1H/t17-,18-,19-;/m0./s1. The Hall–Kier alpha value is -2.11. The zero-order chi connectivity index (χ0) is 17.4. The van der Waals surface area contributed by atoms with Gasteiger partial charge in [0, 0.05) is 12.6 Å². The van der Waals surface area contributed by atoms with Crippen molar-refractivity contribution in [3.63, 3.8) is 0 Å². The van der Waals surface area contributed by atoms with Crippen molar-refractivity contribution in [1.82, 2.24) is 4.90 Å². The number of carbonyl (C=O) groups excluding carboxylic acids is 1. The number of nitrogens with zero attached hydrogens (tertiary/aromatic N) is 1. The lowest BCUT2D eigenvalue weighted by molar-refractivity contribution is 0.00721. The van der Waals surface area contributed by atoms with Crippen LogP contribution >= 0.6 is 12.4 Å². The monoisotopic (exact) mass is 376 g/mol. The molecule has 2 aliphatic rings. The molecule has 0 spiro atoms. The Labute approximate surface area is 158 Å². The number of hydrogen-bond donors (Lipinski definition) is 1. The molecule has 6 heteroatoms. The SMILES string of the molecule is Cl.N[C@H]1CC[C@@H]1OC(=O)N1CCc2ccccc2[C@@H]1c1ccc(F)cc1. The summed E-state index contributed by atoms with van der Waals surface area (Å²) in [5, 5.41) is 0. The smallest absolute Gasteiger partial charge is 0.410 e. The first-order valence-electron chi connectivity index (χ1n) is 8.69. The molecule has 26 heavy (non-hydrogen) atoms. The minimum atomic E-state index is -0.344. The van der Waals surface area contributed by atoms with Crippen LogP contribution in [0.3, 0.4) is 0 Å². The van der Waals surface area contributed by atoms with Gasteiger partial charge in [-0.2, -0.15) is 0 Å². The summed E-state index contributed by atoms with van der Waals surface area (Å²) in [6.45, 7) is 0.569. The van der Waals surface area contributed by atoms with E-state index in [2.05, 4.69) is 6.07 Å². The van der Waals surface area contributed by atoms with E-state index >= 15 is 0 Å². The van der Waals surface area contributed by atoms with Crippen LogP contribution in [0.2, 0.25) is 0 Å². The van der Waals surface area contributed by atoms with Crippen LogP contribution in [0.4, 0.5) is 9.18 Å². The third-order valence-corrected chi connectivity index (χ3v) is 5.22. The van der Waals surface area contributed by atoms with Gasteiger partial charge in [-0.15, -0.1) is 12.4 Å². The molecular weight excluding hydrogens is 355 g/mol. The zero-order valence-corrected chi connectivity index (χ0v) is 15.1. The van der Waals surface area contributed by atoms with Crippen molar-refractivity contribution in [1.29, 1.82) is 0 Å². The number of ether oxygens (including phenoxy) is 1. The van der Waals surface area contributed by atoms with Crippen molar-refractivity contribution in [3.05, 3.63) is 71.0 Å². The molecule has 0 unspecified atom stereocenters. The minimum Gasteiger partial charge on any atom is -0.444 e. The average Bonchev–Trinajstić information content (AvgIpc) is 2.64. The topological polar surface area (TPSA) is 55.6 Å². The largest absolute Gasteiger partial charge is 0.444 e. The summed E-state index contributed by atoms with van der Waals surface area (Å²) in [4.78, 5) is 14.5. The van der Waals surface area contributed by atoms with Gasteiger partial charge in [-0.25, -0.2) is 9.18 Å². The van der Waals surface area contributed by atoms with E-state index in [0.29, 0.717) is 6.54 Å². The Balaban J connectivity index is 0.00000196. The van der Waals surface area contributed by atoms with E-state index in [1.54, 1.807) is 17.0 Å². The molecule has 0 radical (unpaired) electrons. The summed E-state index contributed by atoms with van der Waals surface area (Å²) >= 11 is 0. The molecule has 1 aliphatic carbocycles. The van der Waals surface area contributed by atoms with Crippen LogP contribution in [-0.4, -0.2) is 29.7 Å². The van der Waals surface area contributed by atoms with Gasteiger partial charge in [0.1, 0.15) is 11.9 Å². The van der Waals surface area contributed by atoms with Crippen molar-refractivity contribution in [3.8, 4) is 0 Å². The maximum atomic E-state index is 13.4. The van der Waals surface area contributed by atoms with Gasteiger partial charge in [-0.05, 0) is 48.1 Å². The van der Waals surface area contributed by atoms with E-state index in [0.717, 1.165) is 30.4 Å². The lowest BCUT2D eigenvalue weighted by Gasteiger charge is -2.40. The van der Waals surface area contributed by atoms with Gasteiger partial charge in [0.05, 0.1) is 6.04 Å². The molecule has 0 saturated heterocycles. The first-order valence-corrected chi connectivity index (χ1v) is 8.69. The summed E-state index contributed by atoms with van der Waals surface area (Å²) in [5.41, 5.74) is 9.05. The third kappa shape index (κ3) is 3.41. The maximum Gasteiger partial charge on any atom is 0.410 e. The van der Waals surface area contributed by atoms with Gasteiger partial charge in [-0.1, -0.05) is 36.4 Å². The molecule has 1 aliphatic heterocycles. The fourth-order valence-corrected chi connectivity index (χ4v) is 3.61. The first kappa shape index (κ1) is 18.7. The Morgan fingerprint density at radius 3 is 2.50 bits per heavy atom. The van der Waals surface area contributed by atoms with Crippen LogP contribution in [0.1, 0.15) is 35.6 Å². The van der Waals surface area contributed by atoms with Gasteiger partial charge >= 0.3 is 6.09 Å². The van der Waals surface area contributed by atoms with Crippen molar-refractivity contribution in [2.75, 3.05) is 6.54 Å². The maximum absolute atomic E-state index is 13.4. The Bertz CT molecular complexity index is 784. The summed E-state index contributed by atoms with van der Waals surface area (Å²) < 4.78 is 19.0. The molecule has 1 fully saturated rings. The van der Waals surface area contributed by atoms with Crippen LogP contribution in [-0.2, 0) is 11.2 Å². The Morgan fingerprint density at radius 2 is 1.85 bits per heavy atom. The van der Waals surface area contributed by atoms with Crippen molar-refractivity contribution < 1.29 is 13.9 Å². The molecule has 0 aromatic heterocycles. The molecule has 0 bridgehead atoms. The van der Waals surface area contributed by atoms with Crippen molar-refractivity contribution in [2.24, 2.45) is 5.73 Å². The van der Waals surface area contributed by atoms with E-state index < -0.39 is 0 Å². The predicted molar refractivity (Wildman–Crippen MR) is 99.8 cm³/mol. The van der Waals surface area contributed by atoms with E-state index in [1.807, 2.05) is 18.2 Å². The second kappa shape index (κ2) is 7.64. The highest BCUT2D eigenvalue weighted by Gasteiger charge is 2.37. The molecule has 4 nitrogen and oxygen atoms in total. The second-order valence-corrected chi connectivity index (χ2v) is 6.76. The quantitative estimate of drug-likeness (QED) is 0.866. The number of benzene rings is 2. The van der Waals surface area contributed by atoms with Crippen LogP contribution in [0.5, 0.6) is 0 Å². The summed E-state index contributed by atoms with van der Waals surface area (Å²) in [5.74, 6) is -0.289. The fraction of sp³-hybridized carbons (Fsp3) is 0.350. The zero-order valence-electron chi connectivity index (χ0n) is 14.3. The Morgan fingerprint density at radius 1 is 1.12 bits per heavy atom. The first-order chi connectivity index (χ1) is 12.1. The predicted octanol–water partition coefficient (Wildman–Crippen LogP) is 3.82. The molecule has 1 heterocycles. The molecule has 2 aromatic rings. The number of nitrogens with two attached hydrogens (primary N) is 1. The number of halogens is 2. The second-order valence-electron chi connectivity index (χ2n) is 6.76. The van der Waals surface area contributed by atoms with Crippen LogP contribution < -0.4 is 5.73 Å². The van der Waals surface area contributed by atoms with Gasteiger partial charge in [0.15, 0.2) is 0 Å².